The minimum Gasteiger partial charge on any atom is -0.483 e. The van der Waals surface area contributed by atoms with Crippen molar-refractivity contribution in [2.75, 3.05) is 13.2 Å². The van der Waals surface area contributed by atoms with Crippen molar-refractivity contribution in [1.29, 1.82) is 0 Å². The molecule has 5 atom stereocenters. The summed E-state index contributed by atoms with van der Waals surface area (Å²) in [5.41, 5.74) is -3.51. The number of aryl methyl sites for hydroxylation is 2. The van der Waals surface area contributed by atoms with Crippen LogP contribution in [0.4, 0.5) is 18.0 Å². The summed E-state index contributed by atoms with van der Waals surface area (Å²) < 4.78 is 59.4. The maximum Gasteiger partial charge on any atom is 0.418 e. The molecule has 2 fully saturated rings. The molecule has 3 aliphatic rings. The second kappa shape index (κ2) is 15.6. The van der Waals surface area contributed by atoms with Crippen molar-refractivity contribution in [3.63, 3.8) is 0 Å². The number of esters is 1. The van der Waals surface area contributed by atoms with Crippen LogP contribution in [0.2, 0.25) is 0 Å². The topological polar surface area (TPSA) is 136 Å². The number of hydrogen-bond donors (Lipinski definition) is 2. The summed E-state index contributed by atoms with van der Waals surface area (Å²) in [4.78, 5) is 60.9. The molecule has 1 aromatic carbocycles. The van der Waals surface area contributed by atoms with E-state index >= 15 is 0 Å². The molecule has 2 aromatic rings. The van der Waals surface area contributed by atoms with E-state index in [2.05, 4.69) is 28.8 Å². The van der Waals surface area contributed by atoms with Gasteiger partial charge in [0.2, 0.25) is 11.8 Å². The van der Waals surface area contributed by atoms with Crippen LogP contribution in [0, 0.1) is 12.8 Å². The van der Waals surface area contributed by atoms with Gasteiger partial charge in [0.25, 0.3) is 0 Å². The van der Waals surface area contributed by atoms with Crippen LogP contribution in [0.25, 0.3) is 10.9 Å². The quantitative estimate of drug-likeness (QED) is 0.128. The minimum atomic E-state index is -4.61. The highest BCUT2D eigenvalue weighted by molar-refractivity contribution is 5.97. The predicted molar refractivity (Wildman–Crippen MR) is 196 cm³/mol. The number of nitrogens with one attached hydrogen (secondary N) is 2. The number of carbonyl (C=O) groups excluding carboxylic acids is 4. The lowest BCUT2D eigenvalue weighted by molar-refractivity contribution is -0.150. The van der Waals surface area contributed by atoms with Crippen LogP contribution >= 0.6 is 0 Å². The summed E-state index contributed by atoms with van der Waals surface area (Å²) in [6.45, 7) is 16.0. The number of alkyl halides is 3. The largest absolute Gasteiger partial charge is 0.483 e. The van der Waals surface area contributed by atoms with Gasteiger partial charge in [0.05, 0.1) is 29.9 Å². The zero-order valence-corrected chi connectivity index (χ0v) is 31.7. The van der Waals surface area contributed by atoms with Gasteiger partial charge in [0, 0.05) is 23.3 Å². The fourth-order valence-electron chi connectivity index (χ4n) is 7.65. The summed E-state index contributed by atoms with van der Waals surface area (Å²) in [7, 11) is 0. The zero-order valence-electron chi connectivity index (χ0n) is 31.7. The molecule has 5 rings (SSSR count). The van der Waals surface area contributed by atoms with Crippen LogP contribution < -0.4 is 15.4 Å². The van der Waals surface area contributed by atoms with Gasteiger partial charge >= 0.3 is 18.2 Å². The van der Waals surface area contributed by atoms with Crippen molar-refractivity contribution < 1.29 is 46.6 Å². The molecule has 294 valence electrons. The van der Waals surface area contributed by atoms with Gasteiger partial charge in [-0.2, -0.15) is 13.2 Å². The molecule has 1 aliphatic carbocycles. The average Bonchev–Trinajstić information content (AvgIpc) is 3.69. The number of hydrogen-bond acceptors (Lipinski definition) is 8. The molecule has 54 heavy (non-hydrogen) atoms. The van der Waals surface area contributed by atoms with E-state index in [0.717, 1.165) is 25.3 Å². The number of aromatic nitrogens is 1. The maximum absolute atomic E-state index is 14.6. The Kier molecular flexibility index (Phi) is 11.7. The lowest BCUT2D eigenvalue weighted by Gasteiger charge is -2.37. The second-order valence-electron chi connectivity index (χ2n) is 15.5. The molecule has 3 amide bonds. The normalized spacial score (nSPS) is 23.9. The monoisotopic (exact) mass is 756 g/mol. The molecule has 0 bridgehead atoms. The molecular weight excluding hydrogens is 705 g/mol. The fourth-order valence-corrected chi connectivity index (χ4v) is 7.65. The highest BCUT2D eigenvalue weighted by atomic mass is 19.4. The molecule has 1 spiro atoms. The number of alkyl carbamates (subject to hydrolysis) is 1. The van der Waals surface area contributed by atoms with Crippen LogP contribution in [-0.4, -0.2) is 75.7 Å². The number of rotatable bonds is 13. The number of pyridine rings is 1. The minimum absolute atomic E-state index is 0.0141. The molecule has 1 saturated carbocycles. The standard InChI is InChI=1S/C40H51F3N4O7/c1-8-11-12-13-14-18-29(45-36(51)54-37(5,6)7)34(49)47-23-38(22-30(47)33(48)46-39(21-25(39)9-2)35(50)52-10-3)20-19-27-26-16-15-17-28(40(41,42)43)31(26)44-24(4)32(27)53-38/h8-9,15-17,25,29-30H,1-2,10-14,18-23H2,3-7H3,(H,45,51)(H,46,48). The Morgan fingerprint density at radius 1 is 1.13 bits per heavy atom. The number of fused-ring (bicyclic) bond motifs is 3. The summed E-state index contributed by atoms with van der Waals surface area (Å²) in [6, 6.07) is 1.73. The van der Waals surface area contributed by atoms with E-state index in [1.54, 1.807) is 46.8 Å². The molecular formula is C40H51F3N4O7. The van der Waals surface area contributed by atoms with Crippen LogP contribution in [0.3, 0.4) is 0 Å². The van der Waals surface area contributed by atoms with E-state index in [4.69, 9.17) is 14.2 Å². The third-order valence-corrected chi connectivity index (χ3v) is 10.4. The third kappa shape index (κ3) is 8.52. The molecule has 3 heterocycles. The summed E-state index contributed by atoms with van der Waals surface area (Å²) in [5, 5.41) is 5.93. The van der Waals surface area contributed by atoms with Gasteiger partial charge in [-0.25, -0.2) is 14.6 Å². The smallest absolute Gasteiger partial charge is 0.418 e. The molecule has 0 radical (unpaired) electrons. The van der Waals surface area contributed by atoms with E-state index < -0.39 is 64.4 Å². The van der Waals surface area contributed by atoms with Crippen molar-refractivity contribution >= 4 is 34.8 Å². The van der Waals surface area contributed by atoms with Crippen molar-refractivity contribution in [3.8, 4) is 5.75 Å². The number of carbonyl (C=O) groups is 4. The van der Waals surface area contributed by atoms with Crippen molar-refractivity contribution in [2.24, 2.45) is 5.92 Å². The van der Waals surface area contributed by atoms with Gasteiger partial charge < -0.3 is 29.7 Å². The number of ether oxygens (including phenoxy) is 3. The van der Waals surface area contributed by atoms with Gasteiger partial charge in [0.15, 0.2) is 0 Å². The Hall–Kier alpha value is -4.62. The number of amides is 3. The number of halogens is 3. The highest BCUT2D eigenvalue weighted by Crippen LogP contribution is 2.48. The predicted octanol–water partition coefficient (Wildman–Crippen LogP) is 6.88. The molecule has 2 aliphatic heterocycles. The summed E-state index contributed by atoms with van der Waals surface area (Å²) in [5.74, 6) is -1.80. The van der Waals surface area contributed by atoms with Crippen molar-refractivity contribution in [1.82, 2.24) is 20.5 Å². The van der Waals surface area contributed by atoms with Crippen molar-refractivity contribution in [3.05, 3.63) is 60.3 Å². The number of unbranched alkanes of at least 4 members (excludes halogenated alkanes) is 3. The molecule has 5 unspecified atom stereocenters. The van der Waals surface area contributed by atoms with Crippen LogP contribution in [0.15, 0.2) is 43.5 Å². The first-order valence-corrected chi connectivity index (χ1v) is 18.6. The number of benzene rings is 1. The van der Waals surface area contributed by atoms with Crippen LogP contribution in [-0.2, 0) is 36.5 Å². The lowest BCUT2D eigenvalue weighted by Crippen LogP contribution is -2.57. The van der Waals surface area contributed by atoms with E-state index in [1.165, 1.54) is 11.0 Å². The van der Waals surface area contributed by atoms with Gasteiger partial charge in [-0.1, -0.05) is 37.1 Å². The van der Waals surface area contributed by atoms with Crippen LogP contribution in [0.5, 0.6) is 5.75 Å². The second-order valence-corrected chi connectivity index (χ2v) is 15.5. The Morgan fingerprint density at radius 2 is 1.87 bits per heavy atom. The molecule has 11 nitrogen and oxygen atoms in total. The van der Waals surface area contributed by atoms with E-state index in [0.29, 0.717) is 29.5 Å². The molecule has 1 aromatic heterocycles. The summed E-state index contributed by atoms with van der Waals surface area (Å²) in [6.07, 6.45) is 2.10. The zero-order chi connectivity index (χ0) is 39.6. The first kappa shape index (κ1) is 40.6. The summed E-state index contributed by atoms with van der Waals surface area (Å²) >= 11 is 0. The van der Waals surface area contributed by atoms with E-state index in [9.17, 15) is 32.3 Å². The van der Waals surface area contributed by atoms with Gasteiger partial charge in [-0.3, -0.25) is 9.59 Å². The number of para-hydroxylation sites is 1. The van der Waals surface area contributed by atoms with Crippen molar-refractivity contribution in [2.45, 2.75) is 127 Å². The number of nitrogens with zero attached hydrogens (tertiary/aromatic N) is 2. The highest BCUT2D eigenvalue weighted by Gasteiger charge is 2.63. The molecule has 2 N–H and O–H groups in total. The number of likely N-dealkylation sites (tertiary alicyclic amines) is 1. The number of allylic oxidation sites excluding steroid dienone is 1. The molecule has 14 heteroatoms. The maximum atomic E-state index is 14.6. The van der Waals surface area contributed by atoms with Gasteiger partial charge in [-0.15, -0.1) is 13.2 Å². The van der Waals surface area contributed by atoms with Crippen LogP contribution in [0.1, 0.15) is 95.9 Å². The van der Waals surface area contributed by atoms with Gasteiger partial charge in [0.1, 0.15) is 34.6 Å². The first-order chi connectivity index (χ1) is 25.4. The van der Waals surface area contributed by atoms with E-state index in [-0.39, 0.29) is 56.0 Å². The Balaban J connectivity index is 1.51. The average molecular weight is 757 g/mol. The molecule has 1 saturated heterocycles. The van der Waals surface area contributed by atoms with Gasteiger partial charge in [-0.05, 0) is 79.2 Å². The van der Waals surface area contributed by atoms with E-state index in [1.807, 2.05) is 6.08 Å². The Morgan fingerprint density at radius 3 is 2.50 bits per heavy atom. The lowest BCUT2D eigenvalue weighted by atomic mass is 9.86. The Labute approximate surface area is 314 Å². The third-order valence-electron chi connectivity index (χ3n) is 10.4. The Bertz CT molecular complexity index is 1810. The first-order valence-electron chi connectivity index (χ1n) is 18.6. The SMILES string of the molecule is C=CCCCCCC(NC(=O)OC(C)(C)C)C(=O)N1CC2(CCc3c(c(C)nc4c(C(F)(F)F)cccc34)O2)CC1C(=O)NC1(C(=O)OCC)CC1C=C. The fraction of sp³-hybridized carbons (Fsp3) is 0.575.